The number of ether oxygens (including phenoxy) is 1. The Morgan fingerprint density at radius 3 is 2.35 bits per heavy atom. The summed E-state index contributed by atoms with van der Waals surface area (Å²) in [6.07, 6.45) is 3.68. The molecule has 2 bridgehead atoms. The van der Waals surface area contributed by atoms with Gasteiger partial charge < -0.3 is 4.74 Å². The van der Waals surface area contributed by atoms with Gasteiger partial charge in [0.05, 0.1) is 12.7 Å². The van der Waals surface area contributed by atoms with Crippen molar-refractivity contribution in [1.29, 1.82) is 0 Å². The Kier molecular flexibility index (Phi) is 3.57. The summed E-state index contributed by atoms with van der Waals surface area (Å²) in [7, 11) is 1.39. The van der Waals surface area contributed by atoms with Crippen molar-refractivity contribution < 1.29 is 14.3 Å². The van der Waals surface area contributed by atoms with Gasteiger partial charge in [-0.1, -0.05) is 12.1 Å². The summed E-state index contributed by atoms with van der Waals surface area (Å²) in [5.74, 6) is 0.106. The highest BCUT2D eigenvalue weighted by Crippen LogP contribution is 2.35. The predicted octanol–water partition coefficient (Wildman–Crippen LogP) is 2.17. The van der Waals surface area contributed by atoms with E-state index in [9.17, 15) is 9.59 Å². The zero-order valence-corrected chi connectivity index (χ0v) is 11.7. The van der Waals surface area contributed by atoms with Crippen molar-refractivity contribution in [2.45, 2.75) is 44.3 Å². The maximum atomic E-state index is 11.6. The van der Waals surface area contributed by atoms with Gasteiger partial charge in [-0.05, 0) is 30.5 Å². The van der Waals surface area contributed by atoms with Crippen LogP contribution in [0.3, 0.4) is 0 Å². The number of hydrogen-bond acceptors (Lipinski definition) is 4. The normalized spacial score (nSPS) is 25.8. The maximum Gasteiger partial charge on any atom is 0.337 e. The van der Waals surface area contributed by atoms with Crippen molar-refractivity contribution in [3.63, 3.8) is 0 Å². The van der Waals surface area contributed by atoms with Gasteiger partial charge in [0.2, 0.25) is 0 Å². The van der Waals surface area contributed by atoms with Gasteiger partial charge in [-0.25, -0.2) is 4.79 Å². The van der Waals surface area contributed by atoms with Crippen LogP contribution in [0.1, 0.15) is 41.6 Å². The number of rotatable bonds is 3. The van der Waals surface area contributed by atoms with Crippen molar-refractivity contribution in [2.24, 2.45) is 0 Å². The van der Waals surface area contributed by atoms with Crippen molar-refractivity contribution in [2.75, 3.05) is 7.11 Å². The number of hydrogen-bond donors (Lipinski definition) is 0. The van der Waals surface area contributed by atoms with E-state index < -0.39 is 0 Å². The Morgan fingerprint density at radius 1 is 1.20 bits per heavy atom. The van der Waals surface area contributed by atoms with E-state index in [-0.39, 0.29) is 5.97 Å². The monoisotopic (exact) mass is 273 g/mol. The molecule has 4 nitrogen and oxygen atoms in total. The van der Waals surface area contributed by atoms with Crippen LogP contribution in [-0.4, -0.2) is 35.8 Å². The van der Waals surface area contributed by atoms with Crippen molar-refractivity contribution in [1.82, 2.24) is 4.90 Å². The number of carbonyl (C=O) groups excluding carboxylic acids is 2. The first kappa shape index (κ1) is 13.3. The lowest BCUT2D eigenvalue weighted by Gasteiger charge is -2.33. The number of fused-ring (bicyclic) bond motifs is 2. The number of Topliss-reactive ketones (excluding diaryl/α,β-unsaturated/α-hetero) is 1. The number of ketones is 1. The summed E-state index contributed by atoms with van der Waals surface area (Å²) in [6, 6.07) is 8.39. The molecule has 2 atom stereocenters. The van der Waals surface area contributed by atoms with Crippen LogP contribution in [0, 0.1) is 0 Å². The van der Waals surface area contributed by atoms with E-state index in [4.69, 9.17) is 4.74 Å². The summed E-state index contributed by atoms with van der Waals surface area (Å²) in [6.45, 7) is 0.865. The fourth-order valence-electron chi connectivity index (χ4n) is 3.40. The summed E-state index contributed by atoms with van der Waals surface area (Å²) >= 11 is 0. The molecule has 106 valence electrons. The fourth-order valence-corrected chi connectivity index (χ4v) is 3.40. The van der Waals surface area contributed by atoms with E-state index in [0.29, 0.717) is 36.3 Å². The molecule has 20 heavy (non-hydrogen) atoms. The first-order chi connectivity index (χ1) is 9.67. The van der Waals surface area contributed by atoms with Crippen LogP contribution in [0.5, 0.6) is 0 Å². The maximum absolute atomic E-state index is 11.6. The van der Waals surface area contributed by atoms with Gasteiger partial charge in [-0.2, -0.15) is 0 Å². The van der Waals surface area contributed by atoms with Crippen molar-refractivity contribution >= 4 is 11.8 Å². The van der Waals surface area contributed by atoms with Crippen LogP contribution in [-0.2, 0) is 16.1 Å². The Balaban J connectivity index is 1.69. The van der Waals surface area contributed by atoms with Gasteiger partial charge >= 0.3 is 5.97 Å². The van der Waals surface area contributed by atoms with Crippen LogP contribution in [0.25, 0.3) is 0 Å². The second kappa shape index (κ2) is 5.37. The molecule has 0 saturated carbocycles. The number of carbonyl (C=O) groups is 2. The Labute approximate surface area is 118 Å². The average Bonchev–Trinajstić information content (AvgIpc) is 2.70. The molecule has 2 unspecified atom stereocenters. The van der Waals surface area contributed by atoms with Crippen molar-refractivity contribution in [3.05, 3.63) is 35.4 Å². The predicted molar refractivity (Wildman–Crippen MR) is 74.4 cm³/mol. The first-order valence-corrected chi connectivity index (χ1v) is 7.12. The molecule has 2 saturated heterocycles. The molecule has 0 amide bonds. The molecule has 0 aliphatic carbocycles. The van der Waals surface area contributed by atoms with Gasteiger partial charge in [0, 0.05) is 31.5 Å². The zero-order chi connectivity index (χ0) is 14.1. The molecule has 2 aliphatic heterocycles. The molecule has 0 N–H and O–H groups in total. The quantitative estimate of drug-likeness (QED) is 0.792. The molecule has 0 aromatic heterocycles. The van der Waals surface area contributed by atoms with Gasteiger partial charge in [-0.15, -0.1) is 0 Å². The Hall–Kier alpha value is -1.68. The molecule has 1 aromatic rings. The van der Waals surface area contributed by atoms with E-state index in [2.05, 4.69) is 4.90 Å². The standard InChI is InChI=1S/C16H19NO3/c1-20-16(19)12-4-2-11(3-5-12)10-17-13-6-7-14(17)9-15(18)8-13/h2-5,13-14H,6-10H2,1H3. The minimum absolute atomic E-state index is 0.305. The van der Waals surface area contributed by atoms with Crippen LogP contribution in [0.2, 0.25) is 0 Å². The lowest BCUT2D eigenvalue weighted by atomic mass is 10.0. The minimum atomic E-state index is -0.305. The van der Waals surface area contributed by atoms with Crippen LogP contribution in [0.15, 0.2) is 24.3 Å². The third-order valence-electron chi connectivity index (χ3n) is 4.44. The van der Waals surface area contributed by atoms with Gasteiger partial charge in [0.1, 0.15) is 5.78 Å². The van der Waals surface area contributed by atoms with E-state index in [0.717, 1.165) is 19.4 Å². The molecule has 0 radical (unpaired) electrons. The second-order valence-electron chi connectivity index (χ2n) is 5.69. The number of benzene rings is 1. The third kappa shape index (κ3) is 2.48. The molecule has 2 heterocycles. The van der Waals surface area contributed by atoms with E-state index in [1.807, 2.05) is 12.1 Å². The van der Waals surface area contributed by atoms with Gasteiger partial charge in [0.15, 0.2) is 0 Å². The number of piperidine rings is 1. The molecule has 0 spiro atoms. The SMILES string of the molecule is COC(=O)c1ccc(CN2C3CCC2CC(=O)C3)cc1. The fraction of sp³-hybridized carbons (Fsp3) is 0.500. The number of esters is 1. The topological polar surface area (TPSA) is 46.6 Å². The third-order valence-corrected chi connectivity index (χ3v) is 4.44. The molecular weight excluding hydrogens is 254 g/mol. The summed E-state index contributed by atoms with van der Waals surface area (Å²) in [5.41, 5.74) is 1.76. The lowest BCUT2D eigenvalue weighted by molar-refractivity contribution is -0.123. The highest BCUT2D eigenvalue weighted by molar-refractivity contribution is 5.89. The molecule has 3 rings (SSSR count). The van der Waals surface area contributed by atoms with E-state index in [1.54, 1.807) is 12.1 Å². The largest absolute Gasteiger partial charge is 0.465 e. The van der Waals surface area contributed by atoms with Crippen molar-refractivity contribution in [3.8, 4) is 0 Å². The van der Waals surface area contributed by atoms with Gasteiger partial charge in [0.25, 0.3) is 0 Å². The molecule has 4 heteroatoms. The lowest BCUT2D eigenvalue weighted by Crippen LogP contribution is -2.42. The Bertz CT molecular complexity index is 507. The van der Waals surface area contributed by atoms with E-state index >= 15 is 0 Å². The molecule has 2 fully saturated rings. The minimum Gasteiger partial charge on any atom is -0.465 e. The number of methoxy groups -OCH3 is 1. The number of nitrogens with zero attached hydrogens (tertiary/aromatic N) is 1. The highest BCUT2D eigenvalue weighted by atomic mass is 16.5. The second-order valence-corrected chi connectivity index (χ2v) is 5.69. The zero-order valence-electron chi connectivity index (χ0n) is 11.7. The first-order valence-electron chi connectivity index (χ1n) is 7.12. The molecule has 2 aliphatic rings. The van der Waals surface area contributed by atoms with Gasteiger partial charge in [-0.3, -0.25) is 9.69 Å². The highest BCUT2D eigenvalue weighted by Gasteiger charge is 2.39. The molecule has 1 aromatic carbocycles. The average molecular weight is 273 g/mol. The van der Waals surface area contributed by atoms with E-state index in [1.165, 1.54) is 12.7 Å². The Morgan fingerprint density at radius 2 is 1.80 bits per heavy atom. The smallest absolute Gasteiger partial charge is 0.337 e. The van der Waals surface area contributed by atoms with Crippen LogP contribution >= 0.6 is 0 Å². The van der Waals surface area contributed by atoms with Crippen LogP contribution < -0.4 is 0 Å². The summed E-state index contributed by atoms with van der Waals surface area (Å²) in [4.78, 5) is 25.4. The summed E-state index contributed by atoms with van der Waals surface area (Å²) in [5, 5.41) is 0. The molecular formula is C16H19NO3. The van der Waals surface area contributed by atoms with Crippen LogP contribution in [0.4, 0.5) is 0 Å². The summed E-state index contributed by atoms with van der Waals surface area (Å²) < 4.78 is 4.70.